The number of fused-ring (bicyclic) bond motifs is 1. The number of imidazole rings is 1. The average molecular weight is 290 g/mol. The van der Waals surface area contributed by atoms with Crippen molar-refractivity contribution in [3.63, 3.8) is 0 Å². The number of hydrogen-bond acceptors (Lipinski definition) is 3. The van der Waals surface area contributed by atoms with Crippen molar-refractivity contribution in [2.45, 2.75) is 26.8 Å². The van der Waals surface area contributed by atoms with Crippen LogP contribution in [0.2, 0.25) is 0 Å². The van der Waals surface area contributed by atoms with E-state index in [1.165, 1.54) is 0 Å². The largest absolute Gasteiger partial charge is 0.444 e. The molecule has 2 heterocycles. The van der Waals surface area contributed by atoms with Crippen LogP contribution in [0.1, 0.15) is 23.2 Å². The lowest BCUT2D eigenvalue weighted by atomic mass is 10.3. The number of benzene rings is 1. The van der Waals surface area contributed by atoms with Gasteiger partial charge >= 0.3 is 0 Å². The Balaban J connectivity index is 2.06. The minimum Gasteiger partial charge on any atom is -0.444 e. The summed E-state index contributed by atoms with van der Waals surface area (Å²) >= 11 is 5.88. The highest BCUT2D eigenvalue weighted by Gasteiger charge is 2.13. The summed E-state index contributed by atoms with van der Waals surface area (Å²) in [4.78, 5) is 9.08. The lowest BCUT2D eigenvalue weighted by molar-refractivity contribution is 0.456. The number of rotatable bonds is 4. The first-order chi connectivity index (χ1) is 9.69. The minimum atomic E-state index is 0.549. The smallest absolute Gasteiger partial charge is 0.214 e. The highest BCUT2D eigenvalue weighted by molar-refractivity contribution is 6.17. The molecule has 4 nitrogen and oxygen atoms in total. The fourth-order valence-electron chi connectivity index (χ4n) is 2.32. The number of para-hydroxylation sites is 2. The molecule has 1 aromatic carbocycles. The fraction of sp³-hybridized carbons (Fsp3) is 0.333. The second-order valence-electron chi connectivity index (χ2n) is 4.79. The van der Waals surface area contributed by atoms with Gasteiger partial charge in [-0.15, -0.1) is 11.6 Å². The first kappa shape index (κ1) is 13.2. The zero-order valence-corrected chi connectivity index (χ0v) is 12.3. The Morgan fingerprint density at radius 1 is 1.20 bits per heavy atom. The van der Waals surface area contributed by atoms with Crippen molar-refractivity contribution in [2.24, 2.45) is 0 Å². The summed E-state index contributed by atoms with van der Waals surface area (Å²) in [6.07, 6.45) is 0.731. The highest BCUT2D eigenvalue weighted by atomic mass is 35.5. The number of hydrogen-bond donors (Lipinski definition) is 0. The van der Waals surface area contributed by atoms with E-state index in [2.05, 4.69) is 20.6 Å². The van der Waals surface area contributed by atoms with E-state index >= 15 is 0 Å². The van der Waals surface area contributed by atoms with Crippen molar-refractivity contribution < 1.29 is 4.42 Å². The molecule has 5 heteroatoms. The maximum Gasteiger partial charge on any atom is 0.214 e. The maximum absolute atomic E-state index is 5.88. The van der Waals surface area contributed by atoms with E-state index < -0.39 is 0 Å². The molecule has 0 amide bonds. The van der Waals surface area contributed by atoms with E-state index in [9.17, 15) is 0 Å². The molecule has 20 heavy (non-hydrogen) atoms. The van der Waals surface area contributed by atoms with Gasteiger partial charge in [-0.1, -0.05) is 12.1 Å². The summed E-state index contributed by atoms with van der Waals surface area (Å²) in [5, 5.41) is 0. The van der Waals surface area contributed by atoms with Gasteiger partial charge in [0.25, 0.3) is 0 Å². The SMILES string of the molecule is Cc1nc(Cn2c(CCCl)nc3ccccc32)oc1C. The molecule has 0 aliphatic rings. The van der Waals surface area contributed by atoms with Crippen LogP contribution in [-0.4, -0.2) is 20.4 Å². The van der Waals surface area contributed by atoms with Crippen molar-refractivity contribution >= 4 is 22.6 Å². The van der Waals surface area contributed by atoms with Crippen molar-refractivity contribution in [3.8, 4) is 0 Å². The van der Waals surface area contributed by atoms with Crippen LogP contribution in [0, 0.1) is 13.8 Å². The van der Waals surface area contributed by atoms with Crippen molar-refractivity contribution in [1.82, 2.24) is 14.5 Å². The van der Waals surface area contributed by atoms with E-state index in [-0.39, 0.29) is 0 Å². The van der Waals surface area contributed by atoms with Gasteiger partial charge < -0.3 is 8.98 Å². The Morgan fingerprint density at radius 2 is 2.00 bits per heavy atom. The molecule has 0 N–H and O–H groups in total. The van der Waals surface area contributed by atoms with Gasteiger partial charge in [0, 0.05) is 12.3 Å². The molecule has 2 aromatic heterocycles. The molecule has 0 bridgehead atoms. The van der Waals surface area contributed by atoms with Crippen LogP contribution in [0.5, 0.6) is 0 Å². The topological polar surface area (TPSA) is 43.9 Å². The monoisotopic (exact) mass is 289 g/mol. The summed E-state index contributed by atoms with van der Waals surface area (Å²) in [5.41, 5.74) is 3.00. The molecule has 3 rings (SSSR count). The van der Waals surface area contributed by atoms with Crippen LogP contribution < -0.4 is 0 Å². The van der Waals surface area contributed by atoms with Gasteiger partial charge in [0.05, 0.1) is 16.7 Å². The van der Waals surface area contributed by atoms with Crippen LogP contribution >= 0.6 is 11.6 Å². The van der Waals surface area contributed by atoms with E-state index in [0.29, 0.717) is 18.3 Å². The van der Waals surface area contributed by atoms with E-state index in [0.717, 1.165) is 34.7 Å². The Morgan fingerprint density at radius 3 is 2.70 bits per heavy atom. The van der Waals surface area contributed by atoms with E-state index in [1.807, 2.05) is 32.0 Å². The molecule has 0 fully saturated rings. The van der Waals surface area contributed by atoms with Crippen molar-refractivity contribution in [1.29, 1.82) is 0 Å². The third-order valence-electron chi connectivity index (χ3n) is 3.42. The molecule has 0 saturated heterocycles. The first-order valence-corrected chi connectivity index (χ1v) is 7.15. The van der Waals surface area contributed by atoms with Crippen LogP contribution in [-0.2, 0) is 13.0 Å². The van der Waals surface area contributed by atoms with E-state index in [4.69, 9.17) is 16.0 Å². The molecule has 0 radical (unpaired) electrons. The van der Waals surface area contributed by atoms with E-state index in [1.54, 1.807) is 0 Å². The molecule has 0 aliphatic heterocycles. The second kappa shape index (κ2) is 5.29. The maximum atomic E-state index is 5.88. The van der Waals surface area contributed by atoms with Gasteiger partial charge in [0.1, 0.15) is 18.1 Å². The minimum absolute atomic E-state index is 0.549. The molecule has 0 atom stereocenters. The molecular weight excluding hydrogens is 274 g/mol. The number of halogens is 1. The zero-order valence-electron chi connectivity index (χ0n) is 11.6. The normalized spacial score (nSPS) is 11.3. The molecular formula is C15H16ClN3O. The van der Waals surface area contributed by atoms with Gasteiger partial charge in [0.15, 0.2) is 0 Å². The Labute approximate surface area is 122 Å². The molecule has 0 saturated carbocycles. The molecule has 0 aliphatic carbocycles. The lowest BCUT2D eigenvalue weighted by Gasteiger charge is -2.05. The van der Waals surface area contributed by atoms with Crippen LogP contribution in [0.4, 0.5) is 0 Å². The number of oxazole rings is 1. The van der Waals surface area contributed by atoms with Crippen molar-refractivity contribution in [3.05, 3.63) is 47.4 Å². The first-order valence-electron chi connectivity index (χ1n) is 6.62. The molecule has 3 aromatic rings. The summed E-state index contributed by atoms with van der Waals surface area (Å²) in [5.74, 6) is 3.09. The third kappa shape index (κ3) is 2.31. The van der Waals surface area contributed by atoms with Gasteiger partial charge in [-0.05, 0) is 26.0 Å². The Hall–Kier alpha value is -1.81. The van der Waals surface area contributed by atoms with Crippen LogP contribution in [0.15, 0.2) is 28.7 Å². The summed E-state index contributed by atoms with van der Waals surface area (Å²) in [6, 6.07) is 8.07. The number of aromatic nitrogens is 3. The summed E-state index contributed by atoms with van der Waals surface area (Å²) in [6.45, 7) is 4.47. The van der Waals surface area contributed by atoms with Gasteiger partial charge in [0.2, 0.25) is 5.89 Å². The summed E-state index contributed by atoms with van der Waals surface area (Å²) in [7, 11) is 0. The Kier molecular flexibility index (Phi) is 3.49. The molecule has 0 unspecified atom stereocenters. The van der Waals surface area contributed by atoms with Gasteiger partial charge in [-0.2, -0.15) is 0 Å². The third-order valence-corrected chi connectivity index (χ3v) is 3.61. The fourth-order valence-corrected chi connectivity index (χ4v) is 2.49. The quantitative estimate of drug-likeness (QED) is 0.691. The molecule has 104 valence electrons. The number of nitrogens with zero attached hydrogens (tertiary/aromatic N) is 3. The van der Waals surface area contributed by atoms with Crippen molar-refractivity contribution in [2.75, 3.05) is 5.88 Å². The predicted octanol–water partition coefficient (Wildman–Crippen LogP) is 3.47. The average Bonchev–Trinajstić information content (AvgIpc) is 2.93. The summed E-state index contributed by atoms with van der Waals surface area (Å²) < 4.78 is 7.80. The van der Waals surface area contributed by atoms with Crippen LogP contribution in [0.3, 0.4) is 0 Å². The molecule has 0 spiro atoms. The standard InChI is InChI=1S/C15H16ClN3O/c1-10-11(2)20-15(17-10)9-19-13-6-4-3-5-12(13)18-14(19)7-8-16/h3-6H,7-9H2,1-2H3. The highest BCUT2D eigenvalue weighted by Crippen LogP contribution is 2.19. The number of alkyl halides is 1. The van der Waals surface area contributed by atoms with Gasteiger partial charge in [-0.3, -0.25) is 0 Å². The Bertz CT molecular complexity index is 725. The second-order valence-corrected chi connectivity index (χ2v) is 5.17. The zero-order chi connectivity index (χ0) is 14.1. The van der Waals surface area contributed by atoms with Crippen LogP contribution in [0.25, 0.3) is 11.0 Å². The van der Waals surface area contributed by atoms with Gasteiger partial charge in [-0.25, -0.2) is 9.97 Å². The lowest BCUT2D eigenvalue weighted by Crippen LogP contribution is -2.06. The predicted molar refractivity (Wildman–Crippen MR) is 79.2 cm³/mol. The number of aryl methyl sites for hydroxylation is 3.